The van der Waals surface area contributed by atoms with E-state index < -0.39 is 0 Å². The fraction of sp³-hybridized carbons (Fsp3) is 0.538. The van der Waals surface area contributed by atoms with Crippen molar-refractivity contribution in [1.82, 2.24) is 25.1 Å². The van der Waals surface area contributed by atoms with Crippen molar-refractivity contribution in [2.24, 2.45) is 0 Å². The van der Waals surface area contributed by atoms with Gasteiger partial charge in [-0.1, -0.05) is 5.16 Å². The highest BCUT2D eigenvalue weighted by Crippen LogP contribution is 2.40. The summed E-state index contributed by atoms with van der Waals surface area (Å²) in [5.74, 6) is 0.291. The Morgan fingerprint density at radius 3 is 2.40 bits per heavy atom. The first-order chi connectivity index (χ1) is 9.83. The summed E-state index contributed by atoms with van der Waals surface area (Å²) < 4.78 is 5.00. The van der Waals surface area contributed by atoms with Crippen molar-refractivity contribution in [2.45, 2.75) is 43.8 Å². The molecule has 20 heavy (non-hydrogen) atoms. The van der Waals surface area contributed by atoms with Gasteiger partial charge in [0.1, 0.15) is 0 Å². The van der Waals surface area contributed by atoms with Gasteiger partial charge in [-0.25, -0.2) is 0 Å². The van der Waals surface area contributed by atoms with Crippen molar-refractivity contribution < 1.29 is 9.32 Å². The topological polar surface area (TPSA) is 77.0 Å². The summed E-state index contributed by atoms with van der Waals surface area (Å²) in [5.41, 5.74) is 0. The number of amides is 1. The molecule has 0 aromatic carbocycles. The average Bonchev–Trinajstić information content (AvgIpc) is 3.18. The summed E-state index contributed by atoms with van der Waals surface area (Å²) in [4.78, 5) is 16.2. The molecule has 4 heterocycles. The molecule has 2 bridgehead atoms. The van der Waals surface area contributed by atoms with Gasteiger partial charge >= 0.3 is 0 Å². The van der Waals surface area contributed by atoms with Crippen LogP contribution in [-0.4, -0.2) is 43.0 Å². The Balaban J connectivity index is 1.56. The van der Waals surface area contributed by atoms with E-state index in [1.165, 1.54) is 6.20 Å². The predicted molar refractivity (Wildman–Crippen MR) is 67.8 cm³/mol. The smallest absolute Gasteiger partial charge is 0.292 e. The van der Waals surface area contributed by atoms with Crippen LogP contribution >= 0.6 is 0 Å². The second-order valence-corrected chi connectivity index (χ2v) is 5.45. The van der Waals surface area contributed by atoms with Gasteiger partial charge in [0.05, 0.1) is 24.6 Å². The van der Waals surface area contributed by atoms with Crippen LogP contribution in [0.1, 0.15) is 42.3 Å². The van der Waals surface area contributed by atoms with E-state index >= 15 is 0 Å². The maximum absolute atomic E-state index is 12.5. The maximum atomic E-state index is 12.5. The minimum Gasteiger partial charge on any atom is -0.351 e. The molecule has 2 unspecified atom stereocenters. The molecule has 2 aliphatic heterocycles. The van der Waals surface area contributed by atoms with E-state index in [9.17, 15) is 4.79 Å². The quantitative estimate of drug-likeness (QED) is 0.823. The fourth-order valence-electron chi connectivity index (χ4n) is 3.54. The summed E-state index contributed by atoms with van der Waals surface area (Å²) in [6, 6.07) is 2.43. The van der Waals surface area contributed by atoms with Gasteiger partial charge in [-0.2, -0.15) is 15.0 Å². The monoisotopic (exact) mass is 273 g/mol. The highest BCUT2D eigenvalue weighted by molar-refractivity contribution is 5.92. The maximum Gasteiger partial charge on any atom is 0.292 e. The van der Waals surface area contributed by atoms with Gasteiger partial charge in [-0.3, -0.25) is 4.79 Å². The normalized spacial score (nSPS) is 28.8. The molecule has 2 atom stereocenters. The molecule has 104 valence electrons. The number of rotatable bonds is 2. The molecule has 0 N–H and O–H groups in total. The van der Waals surface area contributed by atoms with Crippen LogP contribution < -0.4 is 0 Å². The van der Waals surface area contributed by atoms with Crippen molar-refractivity contribution in [1.29, 1.82) is 0 Å². The fourth-order valence-corrected chi connectivity index (χ4v) is 3.54. The van der Waals surface area contributed by atoms with E-state index in [1.807, 2.05) is 4.90 Å². The summed E-state index contributed by atoms with van der Waals surface area (Å²) in [5, 5.41) is 12.1. The van der Waals surface area contributed by atoms with Gasteiger partial charge in [0.15, 0.2) is 0 Å². The lowest BCUT2D eigenvalue weighted by atomic mass is 9.97. The van der Waals surface area contributed by atoms with E-state index in [-0.39, 0.29) is 18.0 Å². The van der Waals surface area contributed by atoms with E-state index in [0.717, 1.165) is 25.7 Å². The van der Waals surface area contributed by atoms with Gasteiger partial charge in [0, 0.05) is 18.2 Å². The second-order valence-electron chi connectivity index (χ2n) is 5.45. The Morgan fingerprint density at radius 2 is 1.80 bits per heavy atom. The van der Waals surface area contributed by atoms with Crippen molar-refractivity contribution in [3.8, 4) is 0 Å². The first-order valence-corrected chi connectivity index (χ1v) is 6.92. The van der Waals surface area contributed by atoms with Crippen LogP contribution in [0.3, 0.4) is 0 Å². The summed E-state index contributed by atoms with van der Waals surface area (Å²) in [7, 11) is 0. The molecule has 0 radical (unpaired) electrons. The van der Waals surface area contributed by atoms with Crippen LogP contribution in [0, 0.1) is 0 Å². The zero-order chi connectivity index (χ0) is 13.5. The minimum absolute atomic E-state index is 0.0399. The van der Waals surface area contributed by atoms with Crippen LogP contribution in [0.2, 0.25) is 0 Å². The molecule has 0 saturated carbocycles. The van der Waals surface area contributed by atoms with Gasteiger partial charge in [0.2, 0.25) is 5.76 Å². The van der Waals surface area contributed by atoms with Gasteiger partial charge < -0.3 is 9.42 Å². The Morgan fingerprint density at radius 1 is 1.10 bits per heavy atom. The molecule has 2 fully saturated rings. The standard InChI is InChI=1S/C13H15N5O2/c19-13(12-3-4-16-20-12)17-9-1-2-10(17)8-11(7-9)18-14-5-6-15-18/h3-6,9-11H,1-2,7-8H2. The Bertz CT molecular complexity index is 580. The molecule has 2 saturated heterocycles. The SMILES string of the molecule is O=C(c1ccno1)N1C2CCC1CC(n1nccn1)C2. The number of piperidine rings is 1. The first kappa shape index (κ1) is 11.6. The van der Waals surface area contributed by atoms with E-state index in [2.05, 4.69) is 15.4 Å². The van der Waals surface area contributed by atoms with Gasteiger partial charge in [0.25, 0.3) is 5.91 Å². The van der Waals surface area contributed by atoms with Crippen molar-refractivity contribution in [3.63, 3.8) is 0 Å². The third kappa shape index (κ3) is 1.73. The summed E-state index contributed by atoms with van der Waals surface area (Å²) >= 11 is 0. The Labute approximate surface area is 115 Å². The van der Waals surface area contributed by atoms with Crippen LogP contribution in [0.4, 0.5) is 0 Å². The van der Waals surface area contributed by atoms with Crippen molar-refractivity contribution >= 4 is 5.91 Å². The lowest BCUT2D eigenvalue weighted by Gasteiger charge is -2.37. The first-order valence-electron chi connectivity index (χ1n) is 6.92. The van der Waals surface area contributed by atoms with Gasteiger partial charge in [-0.05, 0) is 25.7 Å². The van der Waals surface area contributed by atoms with Crippen LogP contribution in [-0.2, 0) is 0 Å². The second kappa shape index (κ2) is 4.43. The number of aromatic nitrogens is 4. The molecule has 7 heteroatoms. The zero-order valence-corrected chi connectivity index (χ0v) is 10.9. The molecular formula is C13H15N5O2. The summed E-state index contributed by atoms with van der Waals surface area (Å²) in [6.07, 6.45) is 8.82. The number of hydrogen-bond acceptors (Lipinski definition) is 5. The minimum atomic E-state index is -0.0399. The molecule has 7 nitrogen and oxygen atoms in total. The molecule has 0 spiro atoms. The van der Waals surface area contributed by atoms with Crippen LogP contribution in [0.15, 0.2) is 29.2 Å². The third-order valence-electron chi connectivity index (χ3n) is 4.35. The number of carbonyl (C=O) groups excluding carboxylic acids is 1. The lowest BCUT2D eigenvalue weighted by molar-refractivity contribution is 0.0472. The number of hydrogen-bond donors (Lipinski definition) is 0. The highest BCUT2D eigenvalue weighted by atomic mass is 16.5. The third-order valence-corrected chi connectivity index (χ3v) is 4.35. The highest BCUT2D eigenvalue weighted by Gasteiger charge is 2.45. The number of nitrogens with zero attached hydrogens (tertiary/aromatic N) is 5. The van der Waals surface area contributed by atoms with Crippen LogP contribution in [0.5, 0.6) is 0 Å². The summed E-state index contributed by atoms with van der Waals surface area (Å²) in [6.45, 7) is 0. The molecule has 2 aromatic rings. The predicted octanol–water partition coefficient (Wildman–Crippen LogP) is 1.27. The van der Waals surface area contributed by atoms with E-state index in [0.29, 0.717) is 11.8 Å². The van der Waals surface area contributed by atoms with E-state index in [1.54, 1.807) is 23.3 Å². The van der Waals surface area contributed by atoms with E-state index in [4.69, 9.17) is 4.52 Å². The molecule has 4 rings (SSSR count). The zero-order valence-electron chi connectivity index (χ0n) is 10.9. The van der Waals surface area contributed by atoms with Crippen molar-refractivity contribution in [3.05, 3.63) is 30.4 Å². The Kier molecular flexibility index (Phi) is 2.58. The lowest BCUT2D eigenvalue weighted by Crippen LogP contribution is -2.47. The molecule has 2 aromatic heterocycles. The average molecular weight is 273 g/mol. The molecule has 1 amide bonds. The number of fused-ring (bicyclic) bond motifs is 2. The van der Waals surface area contributed by atoms with Gasteiger partial charge in [-0.15, -0.1) is 0 Å². The molecular weight excluding hydrogens is 258 g/mol. The van der Waals surface area contributed by atoms with Crippen molar-refractivity contribution in [2.75, 3.05) is 0 Å². The number of carbonyl (C=O) groups is 1. The van der Waals surface area contributed by atoms with Crippen LogP contribution in [0.25, 0.3) is 0 Å². The molecule has 2 aliphatic rings. The largest absolute Gasteiger partial charge is 0.351 e. The Hall–Kier alpha value is -2.18. The molecule has 0 aliphatic carbocycles.